The Hall–Kier alpha value is -1.09. The van der Waals surface area contributed by atoms with Gasteiger partial charge in [0, 0.05) is 12.8 Å². The van der Waals surface area contributed by atoms with Crippen molar-refractivity contribution in [1.82, 2.24) is 4.90 Å². The number of carbonyl (C=O) groups is 1. The first kappa shape index (κ1) is 14.0. The number of hydrogen-bond donors (Lipinski definition) is 0. The molecule has 0 aromatic heterocycles. The zero-order valence-corrected chi connectivity index (χ0v) is 11.2. The maximum absolute atomic E-state index is 12.2. The molecule has 0 aromatic rings. The third-order valence-electron chi connectivity index (χ3n) is 3.35. The quantitative estimate of drug-likeness (QED) is 0.731. The molecule has 1 unspecified atom stereocenters. The lowest BCUT2D eigenvalue weighted by Gasteiger charge is -2.36. The molecule has 1 rings (SSSR count). The highest BCUT2D eigenvalue weighted by Crippen LogP contribution is 2.24. The average Bonchev–Trinajstić information content (AvgIpc) is 2.26. The van der Waals surface area contributed by atoms with Crippen LogP contribution in [0.1, 0.15) is 33.1 Å². The van der Waals surface area contributed by atoms with Crippen molar-refractivity contribution in [3.05, 3.63) is 0 Å². The van der Waals surface area contributed by atoms with Crippen molar-refractivity contribution in [2.75, 3.05) is 12.8 Å². The topological polar surface area (TPSA) is 78.2 Å². The van der Waals surface area contributed by atoms with Crippen LogP contribution < -0.4 is 0 Å². The van der Waals surface area contributed by atoms with Crippen molar-refractivity contribution >= 4 is 15.7 Å². The summed E-state index contributed by atoms with van der Waals surface area (Å²) in [7, 11) is -3.48. The molecule has 1 atom stereocenters. The van der Waals surface area contributed by atoms with E-state index >= 15 is 0 Å². The van der Waals surface area contributed by atoms with Gasteiger partial charge in [0.15, 0.2) is 9.84 Å². The van der Waals surface area contributed by atoms with Crippen LogP contribution in [0.5, 0.6) is 0 Å². The van der Waals surface area contributed by atoms with Gasteiger partial charge >= 0.3 is 0 Å². The monoisotopic (exact) mass is 258 g/mol. The van der Waals surface area contributed by atoms with E-state index in [2.05, 4.69) is 6.07 Å². The first-order chi connectivity index (χ1) is 7.71. The third kappa shape index (κ3) is 2.60. The Labute approximate surface area is 102 Å². The van der Waals surface area contributed by atoms with Crippen molar-refractivity contribution in [3.63, 3.8) is 0 Å². The predicted molar refractivity (Wildman–Crippen MR) is 63.9 cm³/mol. The van der Waals surface area contributed by atoms with E-state index in [0.29, 0.717) is 13.0 Å². The Morgan fingerprint density at radius 3 is 2.47 bits per heavy atom. The summed E-state index contributed by atoms with van der Waals surface area (Å²) in [6, 6.07) is 1.58. The molecule has 6 heteroatoms. The fourth-order valence-electron chi connectivity index (χ4n) is 1.81. The van der Waals surface area contributed by atoms with E-state index in [1.54, 1.807) is 0 Å². The number of piperidine rings is 1. The first-order valence-corrected chi connectivity index (χ1v) is 7.51. The van der Waals surface area contributed by atoms with Gasteiger partial charge in [-0.3, -0.25) is 4.79 Å². The average molecular weight is 258 g/mol. The number of hydrogen-bond acceptors (Lipinski definition) is 4. The van der Waals surface area contributed by atoms with Crippen molar-refractivity contribution in [3.8, 4) is 6.07 Å². The molecule has 1 amide bonds. The minimum absolute atomic E-state index is 0.466. The van der Waals surface area contributed by atoms with E-state index in [-0.39, 0.29) is 0 Å². The summed E-state index contributed by atoms with van der Waals surface area (Å²) < 4.78 is 21.7. The lowest BCUT2D eigenvalue weighted by atomic mass is 10.0. The van der Waals surface area contributed by atoms with Crippen molar-refractivity contribution < 1.29 is 13.2 Å². The van der Waals surface area contributed by atoms with Gasteiger partial charge in [-0.2, -0.15) is 5.26 Å². The molecule has 0 N–H and O–H groups in total. The van der Waals surface area contributed by atoms with Crippen LogP contribution in [-0.4, -0.2) is 42.8 Å². The second kappa shape index (κ2) is 4.65. The van der Waals surface area contributed by atoms with Crippen LogP contribution in [-0.2, 0) is 14.6 Å². The Kier molecular flexibility index (Phi) is 3.82. The zero-order chi connectivity index (χ0) is 13.3. The molecule has 1 aliphatic rings. The van der Waals surface area contributed by atoms with E-state index in [4.69, 9.17) is 5.26 Å². The summed E-state index contributed by atoms with van der Waals surface area (Å²) in [5.41, 5.74) is 0. The van der Waals surface area contributed by atoms with E-state index < -0.39 is 26.5 Å². The summed E-state index contributed by atoms with van der Waals surface area (Å²) in [6.45, 7) is 3.26. The first-order valence-electron chi connectivity index (χ1n) is 5.62. The number of amides is 1. The fraction of sp³-hybridized carbons (Fsp3) is 0.818. The zero-order valence-electron chi connectivity index (χ0n) is 10.4. The molecule has 0 bridgehead atoms. The van der Waals surface area contributed by atoms with Gasteiger partial charge in [0.25, 0.3) is 0 Å². The molecule has 5 nitrogen and oxygen atoms in total. The minimum atomic E-state index is -3.48. The Morgan fingerprint density at radius 1 is 1.41 bits per heavy atom. The molecule has 17 heavy (non-hydrogen) atoms. The Bertz CT molecular complexity index is 448. The standard InChI is InChI=1S/C11H18N2O3S/c1-11(2,17(3,15)16)10(14)13-7-5-4-6-9(13)8-12/h9H,4-7H2,1-3H3. The van der Waals surface area contributed by atoms with Gasteiger partial charge in [-0.05, 0) is 33.1 Å². The summed E-state index contributed by atoms with van der Waals surface area (Å²) in [4.78, 5) is 13.6. The smallest absolute Gasteiger partial charge is 0.244 e. The van der Waals surface area contributed by atoms with Gasteiger partial charge in [0.2, 0.25) is 5.91 Å². The Balaban J connectivity index is 3.01. The number of sulfone groups is 1. The largest absolute Gasteiger partial charge is 0.325 e. The van der Waals surface area contributed by atoms with Crippen LogP contribution in [0.15, 0.2) is 0 Å². The van der Waals surface area contributed by atoms with Crippen LogP contribution >= 0.6 is 0 Å². The number of nitrogens with zero attached hydrogens (tertiary/aromatic N) is 2. The van der Waals surface area contributed by atoms with Crippen LogP contribution in [0.25, 0.3) is 0 Å². The van der Waals surface area contributed by atoms with E-state index in [1.807, 2.05) is 0 Å². The summed E-state index contributed by atoms with van der Waals surface area (Å²) in [6.07, 6.45) is 3.41. The van der Waals surface area contributed by atoms with Gasteiger partial charge in [-0.25, -0.2) is 8.42 Å². The van der Waals surface area contributed by atoms with Crippen LogP contribution in [0.2, 0.25) is 0 Å². The van der Waals surface area contributed by atoms with Gasteiger partial charge in [0.05, 0.1) is 6.07 Å². The lowest BCUT2D eigenvalue weighted by molar-refractivity contribution is -0.135. The van der Waals surface area contributed by atoms with Crippen LogP contribution in [0.4, 0.5) is 0 Å². The maximum Gasteiger partial charge on any atom is 0.244 e. The maximum atomic E-state index is 12.2. The van der Waals surface area contributed by atoms with Crippen LogP contribution in [0, 0.1) is 11.3 Å². The molecule has 1 aliphatic heterocycles. The lowest BCUT2D eigenvalue weighted by Crippen LogP contribution is -2.54. The Morgan fingerprint density at radius 2 is 2.00 bits per heavy atom. The summed E-state index contributed by atoms with van der Waals surface area (Å²) >= 11 is 0. The van der Waals surface area contributed by atoms with E-state index in [0.717, 1.165) is 19.1 Å². The third-order valence-corrected chi connectivity index (χ3v) is 5.38. The van der Waals surface area contributed by atoms with Crippen LogP contribution in [0.3, 0.4) is 0 Å². The van der Waals surface area contributed by atoms with Gasteiger partial charge in [0.1, 0.15) is 10.8 Å². The molecule has 1 fully saturated rings. The fourth-order valence-corrected chi connectivity index (χ4v) is 2.25. The molecular formula is C11H18N2O3S. The molecule has 0 aromatic carbocycles. The molecule has 0 spiro atoms. The van der Waals surface area contributed by atoms with Gasteiger partial charge in [-0.15, -0.1) is 0 Å². The van der Waals surface area contributed by atoms with E-state index in [9.17, 15) is 13.2 Å². The molecule has 0 radical (unpaired) electrons. The molecule has 0 aliphatic carbocycles. The highest BCUT2D eigenvalue weighted by atomic mass is 32.2. The van der Waals surface area contributed by atoms with Crippen molar-refractivity contribution in [2.24, 2.45) is 0 Å². The molecule has 96 valence electrons. The minimum Gasteiger partial charge on any atom is -0.325 e. The molecule has 0 saturated carbocycles. The molecular weight excluding hydrogens is 240 g/mol. The predicted octanol–water partition coefficient (Wildman–Crippen LogP) is 0.714. The van der Waals surface area contributed by atoms with Gasteiger partial charge in [-0.1, -0.05) is 0 Å². The van der Waals surface area contributed by atoms with Gasteiger partial charge < -0.3 is 4.90 Å². The highest BCUT2D eigenvalue weighted by molar-refractivity contribution is 7.92. The second-order valence-electron chi connectivity index (χ2n) is 4.92. The summed E-state index contributed by atoms with van der Waals surface area (Å²) in [5.74, 6) is -0.466. The number of likely N-dealkylation sites (tertiary alicyclic amines) is 1. The summed E-state index contributed by atoms with van der Waals surface area (Å²) in [5, 5.41) is 8.99. The normalized spacial score (nSPS) is 22.0. The number of nitriles is 1. The number of rotatable bonds is 2. The van der Waals surface area contributed by atoms with Crippen molar-refractivity contribution in [1.29, 1.82) is 5.26 Å². The second-order valence-corrected chi connectivity index (χ2v) is 7.49. The molecule has 1 saturated heterocycles. The number of carbonyl (C=O) groups excluding carboxylic acids is 1. The SMILES string of the molecule is CC(C)(C(=O)N1CCCCC1C#N)S(C)(=O)=O. The highest BCUT2D eigenvalue weighted by Gasteiger charge is 2.43. The van der Waals surface area contributed by atoms with Crippen molar-refractivity contribution in [2.45, 2.75) is 43.9 Å². The molecule has 1 heterocycles. The van der Waals surface area contributed by atoms with E-state index in [1.165, 1.54) is 18.7 Å².